The normalized spacial score (nSPS) is 14.6. The van der Waals surface area contributed by atoms with E-state index in [1.807, 2.05) is 7.05 Å². The van der Waals surface area contributed by atoms with Crippen molar-refractivity contribution in [3.63, 3.8) is 0 Å². The van der Waals surface area contributed by atoms with E-state index in [2.05, 4.69) is 12.0 Å². The van der Waals surface area contributed by atoms with Crippen molar-refractivity contribution in [2.24, 2.45) is 10.7 Å². The molecule has 0 saturated heterocycles. The van der Waals surface area contributed by atoms with Gasteiger partial charge in [0.2, 0.25) is 0 Å². The van der Waals surface area contributed by atoms with Crippen LogP contribution in [0.15, 0.2) is 4.99 Å². The second-order valence-electron chi connectivity index (χ2n) is 1.39. The molecule has 1 unspecified atom stereocenters. The van der Waals surface area contributed by atoms with Crippen molar-refractivity contribution in [1.29, 1.82) is 0 Å². The Balaban J connectivity index is 0. The van der Waals surface area contributed by atoms with Gasteiger partial charge in [0.25, 0.3) is 5.96 Å². The maximum absolute atomic E-state index is 5.27. The molecule has 0 aromatic carbocycles. The maximum Gasteiger partial charge on any atom is 0.265 e. The van der Waals surface area contributed by atoms with Crippen molar-refractivity contribution in [2.45, 2.75) is 0 Å². The molecule has 0 radical (unpaired) electrons. The van der Waals surface area contributed by atoms with Gasteiger partial charge in [0.1, 0.15) is 0 Å². The summed E-state index contributed by atoms with van der Waals surface area (Å²) in [6, 6.07) is 0. The zero-order valence-electron chi connectivity index (χ0n) is 5.09. The van der Waals surface area contributed by atoms with Crippen LogP contribution in [0.5, 0.6) is 0 Å². The Hall–Kier alpha value is 0.690. The van der Waals surface area contributed by atoms with E-state index in [0.29, 0.717) is 5.96 Å². The average Bonchev–Trinajstić information content (AvgIpc) is 1.65. The number of quaternary nitrogens is 1. The molecule has 0 aliphatic carbocycles. The number of nitrogens with zero attached hydrogens (tertiary/aromatic N) is 1. The molecule has 50 valence electrons. The summed E-state index contributed by atoms with van der Waals surface area (Å²) in [5.74, 6) is 0.528. The van der Waals surface area contributed by atoms with Crippen molar-refractivity contribution in [3.8, 4) is 0 Å². The van der Waals surface area contributed by atoms with E-state index in [9.17, 15) is 0 Å². The largest absolute Gasteiger partial charge is 0.406 e. The fraction of sp³-hybridized carbons (Fsp3) is 0.500. The first kappa shape index (κ1) is 11.5. The molecule has 0 aromatic rings. The molecule has 0 saturated carbocycles. The Bertz CT molecular complexity index is 79.4. The molecule has 0 fully saturated rings. The number of aliphatic imine (C=N–C) groups is 1. The molecule has 4 heteroatoms. The number of rotatable bonds is 0. The van der Waals surface area contributed by atoms with Gasteiger partial charge in [-0.2, -0.15) is 0 Å². The van der Waals surface area contributed by atoms with Crippen LogP contribution in [-0.2, 0) is 0 Å². The summed E-state index contributed by atoms with van der Waals surface area (Å²) in [6.07, 6.45) is 0. The summed E-state index contributed by atoms with van der Waals surface area (Å²) in [5, 5.41) is 0. The molecular weight excluding hydrogens is 130 g/mol. The Morgan fingerprint density at radius 1 is 1.75 bits per heavy atom. The molecule has 0 aliphatic heterocycles. The van der Waals surface area contributed by atoms with Crippen molar-refractivity contribution in [2.75, 3.05) is 14.1 Å². The van der Waals surface area contributed by atoms with Crippen molar-refractivity contribution < 1.29 is 42.6 Å². The molecule has 0 aliphatic rings. The third-order valence-corrected chi connectivity index (χ3v) is 0.678. The Labute approximate surface area is 79.9 Å². The molecule has 0 bridgehead atoms. The number of hydrogen-bond acceptors (Lipinski definition) is 1. The molecule has 3 N–H and O–H groups in total. The predicted octanol–water partition coefficient (Wildman–Crippen LogP) is -1.76. The van der Waals surface area contributed by atoms with Crippen LogP contribution in [0.3, 0.4) is 0 Å². The molecule has 0 spiro atoms. The van der Waals surface area contributed by atoms with Gasteiger partial charge in [0.15, 0.2) is 0 Å². The van der Waals surface area contributed by atoms with Gasteiger partial charge in [-0.1, -0.05) is 0 Å². The number of nitrogens with one attached hydrogen (secondary N) is 1. The van der Waals surface area contributed by atoms with E-state index in [1.54, 1.807) is 7.05 Å². The van der Waals surface area contributed by atoms with E-state index in [1.165, 1.54) is 0 Å². The van der Waals surface area contributed by atoms with Crippen molar-refractivity contribution in [3.05, 3.63) is 7.05 Å². The summed E-state index contributed by atoms with van der Waals surface area (Å²) in [6.45, 7) is 0. The number of hydrogen-bond donors (Lipinski definition) is 2. The molecular formula is C4H11ArN3. The first-order chi connectivity index (χ1) is 3.18. The van der Waals surface area contributed by atoms with Crippen molar-refractivity contribution >= 4 is 5.96 Å². The number of guanidine groups is 1. The van der Waals surface area contributed by atoms with Crippen LogP contribution in [-0.4, -0.2) is 20.1 Å². The van der Waals surface area contributed by atoms with Gasteiger partial charge in [-0.05, 0) is 0 Å². The third kappa shape index (κ3) is 4.84. The summed E-state index contributed by atoms with van der Waals surface area (Å²) in [5.41, 5.74) is 5.27. The molecule has 8 heavy (non-hydrogen) atoms. The maximum atomic E-state index is 5.27. The fourth-order valence-corrected chi connectivity index (χ4v) is 0.191. The zero-order chi connectivity index (χ0) is 5.86. The van der Waals surface area contributed by atoms with Crippen LogP contribution in [0.2, 0.25) is 0 Å². The van der Waals surface area contributed by atoms with Crippen LogP contribution < -0.4 is 10.6 Å². The average molecular weight is 141 g/mol. The van der Waals surface area contributed by atoms with E-state index < -0.39 is 0 Å². The molecule has 0 rings (SSSR count). The van der Waals surface area contributed by atoms with E-state index in [4.69, 9.17) is 5.73 Å². The Morgan fingerprint density at radius 3 is 2.12 bits per heavy atom. The van der Waals surface area contributed by atoms with Crippen LogP contribution in [0.25, 0.3) is 0 Å². The molecule has 0 heterocycles. The van der Waals surface area contributed by atoms with E-state index >= 15 is 0 Å². The van der Waals surface area contributed by atoms with Gasteiger partial charge in [-0.3, -0.25) is 0 Å². The fourth-order valence-electron chi connectivity index (χ4n) is 0.191. The first-order valence-corrected chi connectivity index (χ1v) is 2.06. The van der Waals surface area contributed by atoms with Crippen LogP contribution in [0.1, 0.15) is 0 Å². The molecule has 1 atom stereocenters. The second kappa shape index (κ2) is 5.82. The van der Waals surface area contributed by atoms with Gasteiger partial charge in [0, 0.05) is 51.8 Å². The molecule has 3 nitrogen and oxygen atoms in total. The topological polar surface area (TPSA) is 42.8 Å². The SMILES string of the molecule is [Ar].[CH2-][NH+](C)C(N)=NC. The summed E-state index contributed by atoms with van der Waals surface area (Å²) >= 11 is 0. The smallest absolute Gasteiger partial charge is 0.265 e. The first-order valence-electron chi connectivity index (χ1n) is 2.06. The van der Waals surface area contributed by atoms with Crippen LogP contribution >= 0.6 is 0 Å². The van der Waals surface area contributed by atoms with Gasteiger partial charge in [-0.15, -0.1) is 7.05 Å². The standard InChI is InChI=1S/C4H11N3.Ar/c1-6-4(5)7(2)3;/h7H,2H2,1,3H3,(H2,5,6);. The third-order valence-electron chi connectivity index (χ3n) is 0.678. The monoisotopic (exact) mass is 141 g/mol. The minimum atomic E-state index is 0. The molecule has 0 amide bonds. The summed E-state index contributed by atoms with van der Waals surface area (Å²) < 4.78 is 0. The van der Waals surface area contributed by atoms with Crippen LogP contribution in [0.4, 0.5) is 0 Å². The summed E-state index contributed by atoms with van der Waals surface area (Å²) in [7, 11) is 7.03. The van der Waals surface area contributed by atoms with Crippen molar-refractivity contribution in [1.82, 2.24) is 0 Å². The summed E-state index contributed by atoms with van der Waals surface area (Å²) in [4.78, 5) is 4.50. The van der Waals surface area contributed by atoms with Crippen LogP contribution in [0, 0.1) is 44.8 Å². The van der Waals surface area contributed by atoms with Gasteiger partial charge in [-0.25, -0.2) is 4.99 Å². The second-order valence-corrected chi connectivity index (χ2v) is 1.39. The minimum absolute atomic E-state index is 0. The zero-order valence-corrected chi connectivity index (χ0v) is 5.79. The Morgan fingerprint density at radius 2 is 2.12 bits per heavy atom. The molecule has 0 aromatic heterocycles. The van der Waals surface area contributed by atoms with Gasteiger partial charge in [0.05, 0.1) is 0 Å². The van der Waals surface area contributed by atoms with Gasteiger partial charge >= 0.3 is 0 Å². The minimum Gasteiger partial charge on any atom is -0.406 e. The number of nitrogens with two attached hydrogens (primary N) is 1. The quantitative estimate of drug-likeness (QED) is 0.234. The predicted molar refractivity (Wildman–Crippen MR) is 29.8 cm³/mol. The Kier molecular flexibility index (Phi) is 8.35. The van der Waals surface area contributed by atoms with Gasteiger partial charge < -0.3 is 10.6 Å². The van der Waals surface area contributed by atoms with E-state index in [0.717, 1.165) is 4.90 Å². The van der Waals surface area contributed by atoms with E-state index in [-0.39, 0.29) is 37.7 Å².